The Balaban J connectivity index is 4.40. The van der Waals surface area contributed by atoms with E-state index in [0.717, 1.165) is 19.3 Å². The van der Waals surface area contributed by atoms with Crippen LogP contribution in [0.2, 0.25) is 0 Å². The Labute approximate surface area is 137 Å². The molecule has 2 heteroatoms. The van der Waals surface area contributed by atoms with E-state index in [4.69, 9.17) is 0 Å². The Morgan fingerprint density at radius 3 is 2.00 bits per heavy atom. The lowest BCUT2D eigenvalue weighted by Crippen LogP contribution is -2.21. The van der Waals surface area contributed by atoms with Crippen LogP contribution in [0.1, 0.15) is 73.6 Å². The van der Waals surface area contributed by atoms with Crippen LogP contribution in [0.3, 0.4) is 0 Å². The number of hydrogen-bond donors (Lipinski definition) is 2. The van der Waals surface area contributed by atoms with E-state index < -0.39 is 5.60 Å². The van der Waals surface area contributed by atoms with Gasteiger partial charge in [0.15, 0.2) is 0 Å². The van der Waals surface area contributed by atoms with Gasteiger partial charge in [0.2, 0.25) is 0 Å². The minimum atomic E-state index is -0.958. The van der Waals surface area contributed by atoms with E-state index in [2.05, 4.69) is 32.9 Å². The first-order chi connectivity index (χ1) is 10.1. The van der Waals surface area contributed by atoms with Gasteiger partial charge in [-0.15, -0.1) is 0 Å². The Bertz CT molecular complexity index is 440. The fourth-order valence-corrected chi connectivity index (χ4v) is 2.11. The van der Waals surface area contributed by atoms with Crippen molar-refractivity contribution in [2.24, 2.45) is 0 Å². The maximum Gasteiger partial charge on any atom is 0.0948 e. The summed E-state index contributed by atoms with van der Waals surface area (Å²) in [7, 11) is 0. The van der Waals surface area contributed by atoms with Crippen molar-refractivity contribution in [3.8, 4) is 0 Å². The molecule has 0 bridgehead atoms. The lowest BCUT2D eigenvalue weighted by molar-refractivity contribution is 0.0986. The molecule has 0 amide bonds. The van der Waals surface area contributed by atoms with Gasteiger partial charge in [-0.25, -0.2) is 0 Å². The fourth-order valence-electron chi connectivity index (χ4n) is 2.11. The third-order valence-corrected chi connectivity index (χ3v) is 3.43. The van der Waals surface area contributed by atoms with Crippen LogP contribution in [0.4, 0.5) is 0 Å². The van der Waals surface area contributed by atoms with Crippen LogP contribution in [-0.4, -0.2) is 15.8 Å². The average molecular weight is 306 g/mol. The molecule has 126 valence electrons. The van der Waals surface area contributed by atoms with Crippen LogP contribution in [0, 0.1) is 0 Å². The number of aliphatic hydroxyl groups excluding tert-OH is 1. The predicted octanol–water partition coefficient (Wildman–Crippen LogP) is 6.01. The van der Waals surface area contributed by atoms with Crippen LogP contribution in [0.25, 0.3) is 0 Å². The first-order valence-electron chi connectivity index (χ1n) is 8.18. The van der Waals surface area contributed by atoms with Crippen molar-refractivity contribution in [3.05, 3.63) is 46.8 Å². The second kappa shape index (κ2) is 10.4. The van der Waals surface area contributed by atoms with Gasteiger partial charge in [-0.05, 0) is 73.3 Å². The van der Waals surface area contributed by atoms with Gasteiger partial charge in [-0.1, -0.05) is 34.9 Å². The molecule has 1 unspecified atom stereocenters. The topological polar surface area (TPSA) is 40.5 Å². The molecule has 0 radical (unpaired) electrons. The summed E-state index contributed by atoms with van der Waals surface area (Å²) in [6, 6.07) is 0. The monoisotopic (exact) mass is 306 g/mol. The van der Waals surface area contributed by atoms with Gasteiger partial charge >= 0.3 is 0 Å². The highest BCUT2D eigenvalue weighted by atomic mass is 16.3. The zero-order chi connectivity index (χ0) is 17.2. The number of rotatable bonds is 9. The molecule has 2 N–H and O–H groups in total. The SMILES string of the molecule is CC(C)=CCC/C(C)=C/CC(O)=CC(C)(O)CCC=C(C)C. The summed E-state index contributed by atoms with van der Waals surface area (Å²) in [4.78, 5) is 0. The Morgan fingerprint density at radius 1 is 0.909 bits per heavy atom. The minimum absolute atomic E-state index is 0.240. The summed E-state index contributed by atoms with van der Waals surface area (Å²) in [5, 5.41) is 20.3. The van der Waals surface area contributed by atoms with Gasteiger partial charge in [-0.2, -0.15) is 0 Å². The summed E-state index contributed by atoms with van der Waals surface area (Å²) >= 11 is 0. The van der Waals surface area contributed by atoms with Crippen LogP contribution >= 0.6 is 0 Å². The first-order valence-corrected chi connectivity index (χ1v) is 8.18. The number of hydrogen-bond acceptors (Lipinski definition) is 2. The van der Waals surface area contributed by atoms with Gasteiger partial charge in [0.05, 0.1) is 11.4 Å². The second-order valence-electron chi connectivity index (χ2n) is 6.89. The lowest BCUT2D eigenvalue weighted by Gasteiger charge is -2.18. The molecule has 0 aliphatic rings. The molecule has 1 atom stereocenters. The third kappa shape index (κ3) is 12.5. The van der Waals surface area contributed by atoms with E-state index in [0.29, 0.717) is 12.8 Å². The molecule has 0 spiro atoms. The average Bonchev–Trinajstić information content (AvgIpc) is 2.34. The number of allylic oxidation sites excluding steroid dienone is 6. The molecule has 0 aromatic carbocycles. The highest BCUT2D eigenvalue weighted by Crippen LogP contribution is 2.18. The van der Waals surface area contributed by atoms with Gasteiger partial charge in [0.25, 0.3) is 0 Å². The number of aliphatic hydroxyl groups is 2. The van der Waals surface area contributed by atoms with Crippen LogP contribution in [-0.2, 0) is 0 Å². The quantitative estimate of drug-likeness (QED) is 0.404. The van der Waals surface area contributed by atoms with Gasteiger partial charge < -0.3 is 10.2 Å². The Hall–Kier alpha value is -1.28. The van der Waals surface area contributed by atoms with Crippen molar-refractivity contribution in [2.45, 2.75) is 79.2 Å². The van der Waals surface area contributed by atoms with Crippen molar-refractivity contribution in [1.82, 2.24) is 0 Å². The lowest BCUT2D eigenvalue weighted by atomic mass is 9.97. The van der Waals surface area contributed by atoms with Gasteiger partial charge in [-0.3, -0.25) is 0 Å². The van der Waals surface area contributed by atoms with Gasteiger partial charge in [0.1, 0.15) is 0 Å². The normalized spacial score (nSPS) is 15.2. The van der Waals surface area contributed by atoms with Crippen LogP contribution in [0.15, 0.2) is 46.8 Å². The molecule has 0 fully saturated rings. The molecular weight excluding hydrogens is 272 g/mol. The van der Waals surface area contributed by atoms with Crippen molar-refractivity contribution < 1.29 is 10.2 Å². The van der Waals surface area contributed by atoms with E-state index in [1.165, 1.54) is 16.7 Å². The van der Waals surface area contributed by atoms with E-state index in [1.54, 1.807) is 13.0 Å². The molecule has 0 saturated carbocycles. The molecule has 0 aliphatic carbocycles. The molecule has 0 aliphatic heterocycles. The fraction of sp³-hybridized carbons (Fsp3) is 0.600. The molecule has 22 heavy (non-hydrogen) atoms. The van der Waals surface area contributed by atoms with E-state index in [1.807, 2.05) is 19.9 Å². The molecule has 0 aromatic rings. The smallest absolute Gasteiger partial charge is 0.0948 e. The third-order valence-electron chi connectivity index (χ3n) is 3.43. The van der Waals surface area contributed by atoms with E-state index in [-0.39, 0.29) is 5.76 Å². The van der Waals surface area contributed by atoms with Crippen molar-refractivity contribution >= 4 is 0 Å². The molecular formula is C20H34O2. The van der Waals surface area contributed by atoms with E-state index in [9.17, 15) is 10.2 Å². The summed E-state index contributed by atoms with van der Waals surface area (Å²) in [6.07, 6.45) is 11.9. The van der Waals surface area contributed by atoms with Crippen molar-refractivity contribution in [3.63, 3.8) is 0 Å². The first kappa shape index (κ1) is 20.7. The summed E-state index contributed by atoms with van der Waals surface area (Å²) < 4.78 is 0. The Morgan fingerprint density at radius 2 is 1.45 bits per heavy atom. The van der Waals surface area contributed by atoms with Crippen molar-refractivity contribution in [2.75, 3.05) is 0 Å². The minimum Gasteiger partial charge on any atom is -0.512 e. The largest absolute Gasteiger partial charge is 0.512 e. The van der Waals surface area contributed by atoms with Crippen LogP contribution in [0.5, 0.6) is 0 Å². The predicted molar refractivity (Wildman–Crippen MR) is 97.0 cm³/mol. The highest BCUT2D eigenvalue weighted by Gasteiger charge is 2.17. The molecule has 0 saturated heterocycles. The van der Waals surface area contributed by atoms with Gasteiger partial charge in [0, 0.05) is 6.42 Å². The standard InChI is InChI=1S/C20H34O2/c1-16(2)9-7-11-18(5)12-13-19(21)15-20(6,22)14-8-10-17(3)4/h9-10,12,15,21-22H,7-8,11,13-14H2,1-6H3/b18-12+,19-15?. The maximum atomic E-state index is 10.3. The zero-order valence-electron chi connectivity index (χ0n) is 15.2. The Kier molecular flexibility index (Phi) is 9.84. The zero-order valence-corrected chi connectivity index (χ0v) is 15.2. The molecule has 2 nitrogen and oxygen atoms in total. The highest BCUT2D eigenvalue weighted by molar-refractivity contribution is 5.11. The van der Waals surface area contributed by atoms with E-state index >= 15 is 0 Å². The second-order valence-corrected chi connectivity index (χ2v) is 6.89. The maximum absolute atomic E-state index is 10.3. The molecule has 0 rings (SSSR count). The summed E-state index contributed by atoms with van der Waals surface area (Å²) in [6.45, 7) is 12.1. The summed E-state index contributed by atoms with van der Waals surface area (Å²) in [5.41, 5.74) is 2.89. The molecule has 0 aromatic heterocycles. The van der Waals surface area contributed by atoms with Crippen molar-refractivity contribution in [1.29, 1.82) is 0 Å². The molecule has 0 heterocycles. The summed E-state index contributed by atoms with van der Waals surface area (Å²) in [5.74, 6) is 0.240. The van der Waals surface area contributed by atoms with Crippen LogP contribution < -0.4 is 0 Å².